The first kappa shape index (κ1) is 12.5. The summed E-state index contributed by atoms with van der Waals surface area (Å²) in [5, 5.41) is 0. The number of ether oxygens (including phenoxy) is 2. The van der Waals surface area contributed by atoms with Crippen LogP contribution in [0.4, 0.5) is 0 Å². The molecule has 0 spiro atoms. The van der Waals surface area contributed by atoms with Gasteiger partial charge in [0.15, 0.2) is 0 Å². The van der Waals surface area contributed by atoms with Crippen molar-refractivity contribution in [3.63, 3.8) is 0 Å². The second kappa shape index (κ2) is 7.66. The average molecular weight is 210 g/mol. The van der Waals surface area contributed by atoms with E-state index in [1.807, 2.05) is 12.2 Å². The van der Waals surface area contributed by atoms with E-state index in [0.717, 1.165) is 45.3 Å². The van der Waals surface area contributed by atoms with Gasteiger partial charge in [0, 0.05) is 13.2 Å². The molecule has 1 aliphatic rings. The second-order valence-corrected chi connectivity index (χ2v) is 3.92. The van der Waals surface area contributed by atoms with Gasteiger partial charge in [0.05, 0.1) is 12.2 Å². The average Bonchev–Trinajstić information content (AvgIpc) is 2.27. The molecule has 0 amide bonds. The third-order valence-corrected chi connectivity index (χ3v) is 2.66. The van der Waals surface area contributed by atoms with Crippen LogP contribution >= 0.6 is 0 Å². The Bertz CT molecular complexity index is 189. The molecule has 0 N–H and O–H groups in total. The fraction of sp³-hybridized carbons (Fsp3) is 0.692. The third kappa shape index (κ3) is 4.63. The van der Waals surface area contributed by atoms with Crippen molar-refractivity contribution in [2.75, 3.05) is 13.2 Å². The zero-order valence-corrected chi connectivity index (χ0v) is 9.49. The molecule has 0 aromatic heterocycles. The maximum Gasteiger partial charge on any atom is 0.0870 e. The molecule has 2 nitrogen and oxygen atoms in total. The molecule has 0 aromatic rings. The number of rotatable bonds is 7. The van der Waals surface area contributed by atoms with Gasteiger partial charge in [-0.3, -0.25) is 0 Å². The van der Waals surface area contributed by atoms with Crippen LogP contribution in [-0.2, 0) is 9.47 Å². The lowest BCUT2D eigenvalue weighted by molar-refractivity contribution is -0.104. The molecule has 0 radical (unpaired) electrons. The van der Waals surface area contributed by atoms with Crippen molar-refractivity contribution < 1.29 is 9.47 Å². The molecule has 0 bridgehead atoms. The molecular weight excluding hydrogens is 188 g/mol. The highest BCUT2D eigenvalue weighted by molar-refractivity contribution is 4.82. The van der Waals surface area contributed by atoms with Crippen molar-refractivity contribution in [1.82, 2.24) is 0 Å². The third-order valence-electron chi connectivity index (χ3n) is 2.66. The Morgan fingerprint density at radius 1 is 1.33 bits per heavy atom. The summed E-state index contributed by atoms with van der Waals surface area (Å²) in [7, 11) is 0. The molecule has 1 rings (SSSR count). The van der Waals surface area contributed by atoms with Crippen LogP contribution < -0.4 is 0 Å². The summed E-state index contributed by atoms with van der Waals surface area (Å²) in [5.74, 6) is 0. The number of hydrogen-bond acceptors (Lipinski definition) is 2. The van der Waals surface area contributed by atoms with Crippen molar-refractivity contribution >= 4 is 0 Å². The Morgan fingerprint density at radius 2 is 2.20 bits per heavy atom. The Balaban J connectivity index is 2.22. The van der Waals surface area contributed by atoms with Gasteiger partial charge >= 0.3 is 0 Å². The van der Waals surface area contributed by atoms with Gasteiger partial charge in [-0.05, 0) is 32.1 Å². The number of allylic oxidation sites excluding steroid dienone is 1. The quantitative estimate of drug-likeness (QED) is 0.475. The van der Waals surface area contributed by atoms with E-state index in [4.69, 9.17) is 9.47 Å². The number of hydrogen-bond donors (Lipinski definition) is 0. The van der Waals surface area contributed by atoms with E-state index in [1.54, 1.807) is 0 Å². The van der Waals surface area contributed by atoms with Gasteiger partial charge in [-0.15, -0.1) is 13.2 Å². The van der Waals surface area contributed by atoms with Gasteiger partial charge in [-0.1, -0.05) is 12.2 Å². The molecule has 0 aliphatic carbocycles. The first-order valence-electron chi connectivity index (χ1n) is 5.83. The maximum atomic E-state index is 5.83. The summed E-state index contributed by atoms with van der Waals surface area (Å²) in [6, 6.07) is 0. The minimum atomic E-state index is 0.222. The minimum absolute atomic E-state index is 0.222. The van der Waals surface area contributed by atoms with Crippen LogP contribution in [0.3, 0.4) is 0 Å². The van der Waals surface area contributed by atoms with E-state index in [0.29, 0.717) is 0 Å². The smallest absolute Gasteiger partial charge is 0.0870 e. The SMILES string of the molecule is C=CCCCO[C@H]1CCCO[C@@H]1CC=C. The summed E-state index contributed by atoms with van der Waals surface area (Å²) in [6.45, 7) is 9.13. The number of unbranched alkanes of at least 4 members (excludes halogenated alkanes) is 1. The Labute approximate surface area is 93.0 Å². The molecule has 1 fully saturated rings. The minimum Gasteiger partial charge on any atom is -0.375 e. The maximum absolute atomic E-state index is 5.83. The highest BCUT2D eigenvalue weighted by Crippen LogP contribution is 2.20. The van der Waals surface area contributed by atoms with Crippen molar-refractivity contribution in [2.24, 2.45) is 0 Å². The van der Waals surface area contributed by atoms with Gasteiger partial charge in [0.25, 0.3) is 0 Å². The highest BCUT2D eigenvalue weighted by atomic mass is 16.5. The molecule has 0 aromatic carbocycles. The van der Waals surface area contributed by atoms with Crippen LogP contribution in [0.1, 0.15) is 32.1 Å². The first-order valence-corrected chi connectivity index (χ1v) is 5.83. The Morgan fingerprint density at radius 3 is 2.93 bits per heavy atom. The summed E-state index contributed by atoms with van der Waals surface area (Å²) in [5.41, 5.74) is 0. The molecule has 15 heavy (non-hydrogen) atoms. The molecule has 1 aliphatic heterocycles. The van der Waals surface area contributed by atoms with Crippen LogP contribution in [0.15, 0.2) is 25.3 Å². The molecule has 86 valence electrons. The predicted molar refractivity (Wildman–Crippen MR) is 63.0 cm³/mol. The molecule has 0 saturated carbocycles. The molecule has 2 atom stereocenters. The standard InChI is InChI=1S/C13H22O2/c1-3-5-6-10-14-13-9-7-11-15-12(13)8-4-2/h3-4,12-13H,1-2,5-11H2/t12-,13+/m1/s1. The second-order valence-electron chi connectivity index (χ2n) is 3.92. The summed E-state index contributed by atoms with van der Waals surface area (Å²) < 4.78 is 11.5. The summed E-state index contributed by atoms with van der Waals surface area (Å²) >= 11 is 0. The zero-order chi connectivity index (χ0) is 10.9. The van der Waals surface area contributed by atoms with E-state index in [9.17, 15) is 0 Å². The van der Waals surface area contributed by atoms with Crippen LogP contribution in [0.5, 0.6) is 0 Å². The van der Waals surface area contributed by atoms with Crippen LogP contribution in [0.25, 0.3) is 0 Å². The molecule has 0 unspecified atom stereocenters. The van der Waals surface area contributed by atoms with Crippen LogP contribution in [0.2, 0.25) is 0 Å². The van der Waals surface area contributed by atoms with Crippen molar-refractivity contribution in [3.8, 4) is 0 Å². The molecule has 1 saturated heterocycles. The lowest BCUT2D eigenvalue weighted by atomic mass is 10.0. The van der Waals surface area contributed by atoms with Crippen LogP contribution in [-0.4, -0.2) is 25.4 Å². The van der Waals surface area contributed by atoms with Crippen molar-refractivity contribution in [1.29, 1.82) is 0 Å². The summed E-state index contributed by atoms with van der Waals surface area (Å²) in [4.78, 5) is 0. The van der Waals surface area contributed by atoms with E-state index in [-0.39, 0.29) is 12.2 Å². The first-order chi connectivity index (χ1) is 7.38. The molecule has 2 heteroatoms. The largest absolute Gasteiger partial charge is 0.375 e. The monoisotopic (exact) mass is 210 g/mol. The topological polar surface area (TPSA) is 18.5 Å². The van der Waals surface area contributed by atoms with Crippen molar-refractivity contribution in [2.45, 2.75) is 44.3 Å². The van der Waals surface area contributed by atoms with Gasteiger partial charge in [-0.2, -0.15) is 0 Å². The van der Waals surface area contributed by atoms with Gasteiger partial charge in [-0.25, -0.2) is 0 Å². The van der Waals surface area contributed by atoms with E-state index in [2.05, 4.69) is 13.2 Å². The highest BCUT2D eigenvalue weighted by Gasteiger charge is 2.25. The predicted octanol–water partition coefficient (Wildman–Crippen LogP) is 3.09. The Hall–Kier alpha value is -0.600. The lowest BCUT2D eigenvalue weighted by Gasteiger charge is -2.31. The Kier molecular flexibility index (Phi) is 6.37. The van der Waals surface area contributed by atoms with Crippen LogP contribution in [0, 0.1) is 0 Å². The van der Waals surface area contributed by atoms with E-state index in [1.165, 1.54) is 0 Å². The van der Waals surface area contributed by atoms with Gasteiger partial charge in [0.2, 0.25) is 0 Å². The van der Waals surface area contributed by atoms with E-state index >= 15 is 0 Å². The molecular formula is C13H22O2. The molecule has 1 heterocycles. The fourth-order valence-electron chi connectivity index (χ4n) is 1.85. The van der Waals surface area contributed by atoms with E-state index < -0.39 is 0 Å². The van der Waals surface area contributed by atoms with Gasteiger partial charge in [0.1, 0.15) is 0 Å². The zero-order valence-electron chi connectivity index (χ0n) is 9.49. The fourth-order valence-corrected chi connectivity index (χ4v) is 1.85. The van der Waals surface area contributed by atoms with Crippen molar-refractivity contribution in [3.05, 3.63) is 25.3 Å². The normalized spacial score (nSPS) is 26.1. The van der Waals surface area contributed by atoms with Gasteiger partial charge < -0.3 is 9.47 Å². The lowest BCUT2D eigenvalue weighted by Crippen LogP contribution is -2.36. The summed E-state index contributed by atoms with van der Waals surface area (Å²) in [6.07, 6.45) is 9.54.